The molecule has 2 rings (SSSR count). The number of Topliss-reactive ketones (excluding diaryl/α,β-unsaturated/α-hetero) is 1. The Kier molecular flexibility index (Phi) is 3.62. The largest absolute Gasteiger partial charge is 0.297 e. The summed E-state index contributed by atoms with van der Waals surface area (Å²) in [6.45, 7) is -0.0962. The molecule has 5 heteroatoms. The Morgan fingerprint density at radius 3 is 2.78 bits per heavy atom. The number of carbonyl (C=O) groups is 1. The Morgan fingerprint density at radius 1 is 1.28 bits per heavy atom. The first-order valence-corrected chi connectivity index (χ1v) is 5.42. The molecule has 0 saturated carbocycles. The summed E-state index contributed by atoms with van der Waals surface area (Å²) in [6.07, 6.45) is 2.62. The van der Waals surface area contributed by atoms with Crippen LogP contribution in [0.15, 0.2) is 47.7 Å². The number of halogens is 1. The van der Waals surface area contributed by atoms with Gasteiger partial charge in [-0.3, -0.25) is 14.2 Å². The molecule has 1 aromatic carbocycles. The van der Waals surface area contributed by atoms with E-state index in [-0.39, 0.29) is 24.3 Å². The third kappa shape index (κ3) is 2.88. The lowest BCUT2D eigenvalue weighted by Gasteiger charge is -2.04. The van der Waals surface area contributed by atoms with E-state index in [1.807, 2.05) is 0 Å². The zero-order valence-corrected chi connectivity index (χ0v) is 9.54. The molecule has 0 aliphatic rings. The average Bonchev–Trinajstić information content (AvgIpc) is 2.35. The van der Waals surface area contributed by atoms with Crippen molar-refractivity contribution in [1.29, 1.82) is 0 Å². The molecule has 0 amide bonds. The van der Waals surface area contributed by atoms with Crippen molar-refractivity contribution in [1.82, 2.24) is 9.55 Å². The molecule has 0 aliphatic heterocycles. The minimum absolute atomic E-state index is 0.0337. The van der Waals surface area contributed by atoms with Crippen molar-refractivity contribution in [3.05, 3.63) is 64.6 Å². The van der Waals surface area contributed by atoms with Crippen molar-refractivity contribution < 1.29 is 9.18 Å². The van der Waals surface area contributed by atoms with E-state index < -0.39 is 5.82 Å². The Labute approximate surface area is 103 Å². The molecule has 18 heavy (non-hydrogen) atoms. The number of carbonyl (C=O) groups excluding carboxylic acids is 1. The van der Waals surface area contributed by atoms with Gasteiger partial charge in [-0.2, -0.15) is 0 Å². The van der Waals surface area contributed by atoms with E-state index in [9.17, 15) is 14.0 Å². The third-order valence-corrected chi connectivity index (χ3v) is 2.48. The zero-order valence-electron chi connectivity index (χ0n) is 9.54. The Morgan fingerprint density at radius 2 is 2.06 bits per heavy atom. The number of hydrogen-bond donors (Lipinski definition) is 0. The van der Waals surface area contributed by atoms with E-state index in [4.69, 9.17) is 0 Å². The van der Waals surface area contributed by atoms with Crippen LogP contribution in [0.25, 0.3) is 0 Å². The minimum atomic E-state index is -0.413. The molecule has 2 aromatic rings. The van der Waals surface area contributed by atoms with E-state index in [0.717, 1.165) is 0 Å². The second-order valence-electron chi connectivity index (χ2n) is 3.85. The highest BCUT2D eigenvalue weighted by Crippen LogP contribution is 2.07. The lowest BCUT2D eigenvalue weighted by molar-refractivity contribution is -0.119. The third-order valence-electron chi connectivity index (χ3n) is 2.48. The molecule has 1 heterocycles. The number of nitrogens with zero attached hydrogens (tertiary/aromatic N) is 2. The molecule has 0 fully saturated rings. The monoisotopic (exact) mass is 246 g/mol. The van der Waals surface area contributed by atoms with Crippen LogP contribution < -0.4 is 5.56 Å². The summed E-state index contributed by atoms with van der Waals surface area (Å²) in [5.74, 6) is -0.653. The van der Waals surface area contributed by atoms with Gasteiger partial charge in [0, 0.05) is 18.7 Å². The molecule has 0 saturated heterocycles. The average molecular weight is 246 g/mol. The number of benzene rings is 1. The fourth-order valence-corrected chi connectivity index (χ4v) is 1.60. The van der Waals surface area contributed by atoms with Crippen LogP contribution in [0.3, 0.4) is 0 Å². The van der Waals surface area contributed by atoms with Crippen LogP contribution in [-0.4, -0.2) is 15.3 Å². The van der Waals surface area contributed by atoms with Gasteiger partial charge in [-0.25, -0.2) is 9.37 Å². The molecular weight excluding hydrogens is 235 g/mol. The highest BCUT2D eigenvalue weighted by atomic mass is 19.1. The Hall–Kier alpha value is -2.30. The van der Waals surface area contributed by atoms with E-state index in [1.165, 1.54) is 29.2 Å². The number of aromatic nitrogens is 2. The van der Waals surface area contributed by atoms with E-state index in [0.29, 0.717) is 5.56 Å². The van der Waals surface area contributed by atoms with E-state index in [1.54, 1.807) is 18.2 Å². The summed E-state index contributed by atoms with van der Waals surface area (Å²) in [5, 5.41) is 0. The van der Waals surface area contributed by atoms with Crippen LogP contribution in [0, 0.1) is 5.82 Å². The molecule has 0 bridgehead atoms. The number of ketones is 1. The van der Waals surface area contributed by atoms with Crippen molar-refractivity contribution in [2.45, 2.75) is 13.0 Å². The number of rotatable bonds is 4. The van der Waals surface area contributed by atoms with Gasteiger partial charge in [0.25, 0.3) is 5.56 Å². The smallest absolute Gasteiger partial charge is 0.253 e. The summed E-state index contributed by atoms with van der Waals surface area (Å²) < 4.78 is 14.5. The highest BCUT2D eigenvalue weighted by molar-refractivity contribution is 5.80. The molecular formula is C13H11FN2O2. The maximum atomic E-state index is 13.3. The van der Waals surface area contributed by atoms with Gasteiger partial charge in [0.1, 0.15) is 5.82 Å². The number of hydrogen-bond acceptors (Lipinski definition) is 3. The van der Waals surface area contributed by atoms with E-state index in [2.05, 4.69) is 4.98 Å². The lowest BCUT2D eigenvalue weighted by atomic mass is 10.1. The van der Waals surface area contributed by atoms with Crippen LogP contribution in [0.5, 0.6) is 0 Å². The SMILES string of the molecule is O=C(Cc1ccccc1F)Cn1cnccc1=O. The Bertz CT molecular complexity index is 622. The van der Waals surface area contributed by atoms with Crippen LogP contribution in [0.1, 0.15) is 5.56 Å². The molecule has 0 unspecified atom stereocenters. The molecule has 1 aromatic heterocycles. The van der Waals surface area contributed by atoms with Gasteiger partial charge in [0.2, 0.25) is 0 Å². The minimum Gasteiger partial charge on any atom is -0.297 e. The molecule has 0 aliphatic carbocycles. The topological polar surface area (TPSA) is 52.0 Å². The van der Waals surface area contributed by atoms with Crippen molar-refractivity contribution in [2.24, 2.45) is 0 Å². The van der Waals surface area contributed by atoms with Gasteiger partial charge in [-0.15, -0.1) is 0 Å². The van der Waals surface area contributed by atoms with Crippen LogP contribution >= 0.6 is 0 Å². The predicted molar refractivity (Wildman–Crippen MR) is 63.6 cm³/mol. The zero-order chi connectivity index (χ0) is 13.0. The second kappa shape index (κ2) is 5.35. The molecule has 92 valence electrons. The summed E-state index contributed by atoms with van der Waals surface area (Å²) in [6, 6.07) is 7.37. The molecule has 0 radical (unpaired) electrons. The lowest BCUT2D eigenvalue weighted by Crippen LogP contribution is -2.24. The summed E-state index contributed by atoms with van der Waals surface area (Å²) in [5.41, 5.74) is 0.0336. The summed E-state index contributed by atoms with van der Waals surface area (Å²) in [7, 11) is 0. The standard InChI is InChI=1S/C13H11FN2O2/c14-12-4-2-1-3-10(12)7-11(17)8-16-9-15-6-5-13(16)18/h1-6,9H,7-8H2. The van der Waals surface area contributed by atoms with Crippen molar-refractivity contribution in [2.75, 3.05) is 0 Å². The predicted octanol–water partition coefficient (Wildman–Crippen LogP) is 1.19. The van der Waals surface area contributed by atoms with Gasteiger partial charge >= 0.3 is 0 Å². The summed E-state index contributed by atoms with van der Waals surface area (Å²) >= 11 is 0. The quantitative estimate of drug-likeness (QED) is 0.814. The maximum Gasteiger partial charge on any atom is 0.253 e. The van der Waals surface area contributed by atoms with Gasteiger partial charge < -0.3 is 0 Å². The van der Waals surface area contributed by atoms with Crippen LogP contribution in [0.2, 0.25) is 0 Å². The van der Waals surface area contributed by atoms with Gasteiger partial charge in [-0.1, -0.05) is 18.2 Å². The van der Waals surface area contributed by atoms with Crippen molar-refractivity contribution in [3.63, 3.8) is 0 Å². The van der Waals surface area contributed by atoms with Gasteiger partial charge in [0.05, 0.1) is 12.9 Å². The maximum absolute atomic E-state index is 13.3. The first kappa shape index (κ1) is 12.2. The molecule has 0 atom stereocenters. The normalized spacial score (nSPS) is 10.3. The van der Waals surface area contributed by atoms with Gasteiger partial charge in [-0.05, 0) is 11.6 Å². The second-order valence-corrected chi connectivity index (χ2v) is 3.85. The first-order valence-electron chi connectivity index (χ1n) is 5.42. The van der Waals surface area contributed by atoms with E-state index >= 15 is 0 Å². The fourth-order valence-electron chi connectivity index (χ4n) is 1.60. The summed E-state index contributed by atoms with van der Waals surface area (Å²) in [4.78, 5) is 26.9. The van der Waals surface area contributed by atoms with Gasteiger partial charge in [0.15, 0.2) is 5.78 Å². The molecule has 0 spiro atoms. The fraction of sp³-hybridized carbons (Fsp3) is 0.154. The molecule has 0 N–H and O–H groups in total. The first-order chi connectivity index (χ1) is 8.66. The van der Waals surface area contributed by atoms with Crippen LogP contribution in [0.4, 0.5) is 4.39 Å². The van der Waals surface area contributed by atoms with Crippen molar-refractivity contribution >= 4 is 5.78 Å². The molecule has 4 nitrogen and oxygen atoms in total. The van der Waals surface area contributed by atoms with Crippen molar-refractivity contribution in [3.8, 4) is 0 Å². The Balaban J connectivity index is 2.09. The highest BCUT2D eigenvalue weighted by Gasteiger charge is 2.09. The van der Waals surface area contributed by atoms with Crippen LogP contribution in [-0.2, 0) is 17.8 Å².